The van der Waals surface area contributed by atoms with Crippen LogP contribution in [0.5, 0.6) is 0 Å². The number of halogens is 1. The quantitative estimate of drug-likeness (QED) is 0.517. The second kappa shape index (κ2) is 6.12. The Morgan fingerprint density at radius 2 is 1.89 bits per heavy atom. The van der Waals surface area contributed by atoms with Crippen molar-refractivity contribution in [1.82, 2.24) is 10.6 Å². The number of imide groups is 2. The van der Waals surface area contributed by atoms with E-state index in [2.05, 4.69) is 33.1 Å². The Morgan fingerprint density at radius 3 is 2.32 bits per heavy atom. The van der Waals surface area contributed by atoms with Gasteiger partial charge in [0.2, 0.25) is 11.8 Å². The van der Waals surface area contributed by atoms with Gasteiger partial charge in [-0.3, -0.25) is 20.2 Å². The zero-order valence-electron chi connectivity index (χ0n) is 10.5. The van der Waals surface area contributed by atoms with Crippen LogP contribution in [0, 0.1) is 5.41 Å². The second-order valence-electron chi connectivity index (χ2n) is 4.43. The molecule has 0 saturated carbocycles. The van der Waals surface area contributed by atoms with Gasteiger partial charge in [0, 0.05) is 6.42 Å². The van der Waals surface area contributed by atoms with Crippen LogP contribution in [-0.4, -0.2) is 29.6 Å². The maximum absolute atomic E-state index is 12.0. The summed E-state index contributed by atoms with van der Waals surface area (Å²) in [4.78, 5) is 35.2. The maximum atomic E-state index is 12.0. The standard InChI is InChI=1S/C12H15BrN2O4/c1-7(6-16)3-4-12(5-8(2)13)9(17)14-11(19)15-10(12)18/h3,16H,2,4-6H2,1H3,(H2,14,15,17,18,19). The minimum atomic E-state index is -1.43. The molecule has 0 unspecified atom stereocenters. The van der Waals surface area contributed by atoms with E-state index in [1.807, 2.05) is 0 Å². The van der Waals surface area contributed by atoms with E-state index >= 15 is 0 Å². The van der Waals surface area contributed by atoms with Gasteiger partial charge in [0.05, 0.1) is 6.61 Å². The third kappa shape index (κ3) is 3.51. The highest BCUT2D eigenvalue weighted by Gasteiger charge is 2.49. The SMILES string of the molecule is C=C(Br)CC1(CC=C(C)CO)C(=O)NC(=O)NC1=O. The Hall–Kier alpha value is -1.47. The molecule has 1 rings (SSSR count). The van der Waals surface area contributed by atoms with E-state index in [1.54, 1.807) is 13.0 Å². The van der Waals surface area contributed by atoms with Gasteiger partial charge in [0.1, 0.15) is 5.41 Å². The molecule has 1 saturated heterocycles. The minimum absolute atomic E-state index is 0.0627. The number of rotatable bonds is 5. The molecule has 4 amide bonds. The highest BCUT2D eigenvalue weighted by atomic mass is 79.9. The number of allylic oxidation sites excluding steroid dienone is 2. The highest BCUT2D eigenvalue weighted by Crippen LogP contribution is 2.35. The van der Waals surface area contributed by atoms with Gasteiger partial charge < -0.3 is 5.11 Å². The molecule has 0 spiro atoms. The summed E-state index contributed by atoms with van der Waals surface area (Å²) in [5, 5.41) is 13.1. The van der Waals surface area contributed by atoms with E-state index < -0.39 is 23.3 Å². The summed E-state index contributed by atoms with van der Waals surface area (Å²) >= 11 is 3.13. The molecular weight excluding hydrogens is 316 g/mol. The van der Waals surface area contributed by atoms with Crippen molar-refractivity contribution >= 4 is 33.8 Å². The van der Waals surface area contributed by atoms with Crippen LogP contribution in [0.15, 0.2) is 22.7 Å². The summed E-state index contributed by atoms with van der Waals surface area (Å²) in [5.74, 6) is -1.33. The molecule has 19 heavy (non-hydrogen) atoms. The largest absolute Gasteiger partial charge is 0.392 e. The summed E-state index contributed by atoms with van der Waals surface area (Å²) in [7, 11) is 0. The van der Waals surface area contributed by atoms with Gasteiger partial charge in [-0.15, -0.1) is 0 Å². The van der Waals surface area contributed by atoms with Crippen molar-refractivity contribution < 1.29 is 19.5 Å². The summed E-state index contributed by atoms with van der Waals surface area (Å²) in [6, 6.07) is -0.825. The van der Waals surface area contributed by atoms with E-state index in [0.717, 1.165) is 0 Å². The predicted molar refractivity (Wildman–Crippen MR) is 72.3 cm³/mol. The lowest BCUT2D eigenvalue weighted by atomic mass is 9.77. The monoisotopic (exact) mass is 330 g/mol. The number of hydrogen-bond donors (Lipinski definition) is 3. The van der Waals surface area contributed by atoms with Gasteiger partial charge in [-0.05, 0) is 17.8 Å². The molecule has 0 aromatic rings. The zero-order chi connectivity index (χ0) is 14.6. The fraction of sp³-hybridized carbons (Fsp3) is 0.417. The van der Waals surface area contributed by atoms with Crippen LogP contribution in [0.4, 0.5) is 4.79 Å². The van der Waals surface area contributed by atoms with Crippen molar-refractivity contribution in [3.05, 3.63) is 22.7 Å². The Morgan fingerprint density at radius 1 is 1.37 bits per heavy atom. The second-order valence-corrected chi connectivity index (χ2v) is 5.55. The summed E-state index contributed by atoms with van der Waals surface area (Å²) < 4.78 is 0.474. The number of amides is 4. The van der Waals surface area contributed by atoms with Gasteiger partial charge in [0.25, 0.3) is 0 Å². The molecule has 0 aliphatic carbocycles. The average Bonchev–Trinajstić information content (AvgIpc) is 2.31. The van der Waals surface area contributed by atoms with E-state index in [9.17, 15) is 14.4 Å². The highest BCUT2D eigenvalue weighted by molar-refractivity contribution is 9.11. The first kappa shape index (κ1) is 15.6. The number of nitrogens with one attached hydrogen (secondary N) is 2. The Bertz CT molecular complexity index is 450. The van der Waals surface area contributed by atoms with E-state index in [-0.39, 0.29) is 19.4 Å². The zero-order valence-corrected chi connectivity index (χ0v) is 12.0. The number of aliphatic hydroxyl groups excluding tert-OH is 1. The topological polar surface area (TPSA) is 95.5 Å². The van der Waals surface area contributed by atoms with E-state index in [0.29, 0.717) is 10.1 Å². The first-order valence-corrected chi connectivity index (χ1v) is 6.38. The third-order valence-electron chi connectivity index (χ3n) is 2.87. The van der Waals surface area contributed by atoms with Crippen LogP contribution in [0.2, 0.25) is 0 Å². The molecule has 0 radical (unpaired) electrons. The number of urea groups is 1. The summed E-state index contributed by atoms with van der Waals surface area (Å²) in [5.41, 5.74) is -0.790. The van der Waals surface area contributed by atoms with Crippen molar-refractivity contribution in [3.63, 3.8) is 0 Å². The smallest absolute Gasteiger partial charge is 0.328 e. The van der Waals surface area contributed by atoms with Crippen LogP contribution in [0.25, 0.3) is 0 Å². The molecule has 3 N–H and O–H groups in total. The number of aliphatic hydroxyl groups is 1. The molecular formula is C12H15BrN2O4. The molecule has 0 aromatic carbocycles. The van der Waals surface area contributed by atoms with Crippen molar-refractivity contribution in [1.29, 1.82) is 0 Å². The van der Waals surface area contributed by atoms with Gasteiger partial charge in [-0.1, -0.05) is 34.2 Å². The van der Waals surface area contributed by atoms with E-state index in [4.69, 9.17) is 5.11 Å². The first-order chi connectivity index (χ1) is 8.81. The number of hydrogen-bond acceptors (Lipinski definition) is 4. The molecule has 0 bridgehead atoms. The number of carbonyl (C=O) groups is 3. The lowest BCUT2D eigenvalue weighted by Gasteiger charge is -2.33. The normalized spacial score (nSPS) is 18.9. The van der Waals surface area contributed by atoms with Crippen molar-refractivity contribution in [3.8, 4) is 0 Å². The van der Waals surface area contributed by atoms with Crippen LogP contribution in [0.3, 0.4) is 0 Å². The average molecular weight is 331 g/mol. The van der Waals surface area contributed by atoms with Gasteiger partial charge in [-0.2, -0.15) is 0 Å². The van der Waals surface area contributed by atoms with Gasteiger partial charge in [-0.25, -0.2) is 4.79 Å². The van der Waals surface area contributed by atoms with Crippen LogP contribution >= 0.6 is 15.9 Å². The number of carbonyl (C=O) groups excluding carboxylic acids is 3. The first-order valence-electron chi connectivity index (χ1n) is 5.58. The summed E-state index contributed by atoms with van der Waals surface area (Å²) in [6.07, 6.45) is 1.74. The van der Waals surface area contributed by atoms with Crippen LogP contribution < -0.4 is 10.6 Å². The van der Waals surface area contributed by atoms with Crippen molar-refractivity contribution in [2.24, 2.45) is 5.41 Å². The van der Waals surface area contributed by atoms with Gasteiger partial charge >= 0.3 is 6.03 Å². The number of barbiturate groups is 1. The fourth-order valence-corrected chi connectivity index (χ4v) is 2.22. The Balaban J connectivity index is 3.11. The minimum Gasteiger partial charge on any atom is -0.392 e. The molecule has 1 heterocycles. The van der Waals surface area contributed by atoms with E-state index in [1.165, 1.54) is 0 Å². The van der Waals surface area contributed by atoms with Crippen molar-refractivity contribution in [2.45, 2.75) is 19.8 Å². The Kier molecular flexibility index (Phi) is 5.02. The van der Waals surface area contributed by atoms with Crippen molar-refractivity contribution in [2.75, 3.05) is 6.61 Å². The molecule has 1 aliphatic heterocycles. The molecule has 7 heteroatoms. The molecule has 0 aromatic heterocycles. The lowest BCUT2D eigenvalue weighted by molar-refractivity contribution is -0.144. The predicted octanol–water partition coefficient (Wildman–Crippen LogP) is 0.966. The molecule has 0 atom stereocenters. The molecule has 104 valence electrons. The lowest BCUT2D eigenvalue weighted by Crippen LogP contribution is -2.62. The maximum Gasteiger partial charge on any atom is 0.328 e. The third-order valence-corrected chi connectivity index (χ3v) is 3.15. The summed E-state index contributed by atoms with van der Waals surface area (Å²) in [6.45, 7) is 5.15. The molecule has 1 fully saturated rings. The Labute approximate surface area is 119 Å². The molecule has 6 nitrogen and oxygen atoms in total. The molecule has 1 aliphatic rings. The fourth-order valence-electron chi connectivity index (χ4n) is 1.74. The van der Waals surface area contributed by atoms with Crippen LogP contribution in [0.1, 0.15) is 19.8 Å². The van der Waals surface area contributed by atoms with Crippen LogP contribution in [-0.2, 0) is 9.59 Å². The van der Waals surface area contributed by atoms with Gasteiger partial charge in [0.15, 0.2) is 0 Å².